The highest BCUT2D eigenvalue weighted by molar-refractivity contribution is 7.93. The normalized spacial score (nSPS) is 13.8. The van der Waals surface area contributed by atoms with E-state index in [0.717, 1.165) is 17.4 Å². The number of thiophene rings is 1. The van der Waals surface area contributed by atoms with Crippen molar-refractivity contribution in [2.45, 2.75) is 69.6 Å². The van der Waals surface area contributed by atoms with Crippen LogP contribution < -0.4 is 5.14 Å². The van der Waals surface area contributed by atoms with Gasteiger partial charge in [-0.2, -0.15) is 13.5 Å². The van der Waals surface area contributed by atoms with E-state index in [1.807, 2.05) is 27.7 Å². The van der Waals surface area contributed by atoms with Crippen LogP contribution in [0.15, 0.2) is 26.8 Å². The predicted octanol–water partition coefficient (Wildman–Crippen LogP) is 5.08. The number of nitrogens with two attached hydrogens (primary N) is 1. The summed E-state index contributed by atoms with van der Waals surface area (Å²) in [5.41, 5.74) is 0.597. The fraction of sp³-hybridized carbons (Fsp3) is 0.476. The minimum absolute atomic E-state index is 0. The van der Waals surface area contributed by atoms with Crippen LogP contribution in [0, 0.1) is 11.6 Å². The smallest absolute Gasteiger partial charge is 0.259 e. The number of hydrogen-bond acceptors (Lipinski definition) is 4. The zero-order valence-corrected chi connectivity index (χ0v) is 21.1. The molecule has 2 rings (SSSR count). The summed E-state index contributed by atoms with van der Waals surface area (Å²) in [6.45, 7) is 10.4. The Morgan fingerprint density at radius 3 is 2.03 bits per heavy atom. The second-order valence-corrected chi connectivity index (χ2v) is 11.4. The van der Waals surface area contributed by atoms with Crippen LogP contribution >= 0.6 is 24.8 Å². The molecule has 31 heavy (non-hydrogen) atoms. The zero-order valence-electron chi connectivity index (χ0n) is 18.5. The lowest BCUT2D eigenvalue weighted by molar-refractivity contribution is -0.117. The summed E-state index contributed by atoms with van der Waals surface area (Å²) in [6.07, 6.45) is -0.221. The Morgan fingerprint density at radius 1 is 1.16 bits per heavy atom. The van der Waals surface area contributed by atoms with Gasteiger partial charge in [-0.05, 0) is 60.6 Å². The van der Waals surface area contributed by atoms with Crippen LogP contribution in [0.3, 0.4) is 0 Å². The van der Waals surface area contributed by atoms with Gasteiger partial charge in [-0.1, -0.05) is 27.7 Å². The summed E-state index contributed by atoms with van der Waals surface area (Å²) < 4.78 is 44.5. The first kappa shape index (κ1) is 27.7. The van der Waals surface area contributed by atoms with Crippen molar-refractivity contribution in [2.24, 2.45) is 9.50 Å². The first-order valence-corrected chi connectivity index (χ1v) is 11.9. The molecule has 1 amide bonds. The Labute approximate surface area is 193 Å². The molecule has 1 atom stereocenters. The highest BCUT2D eigenvalue weighted by atomic mass is 32.2. The summed E-state index contributed by atoms with van der Waals surface area (Å²) >= 11 is 0.719. The van der Waals surface area contributed by atoms with Gasteiger partial charge < -0.3 is 5.11 Å². The quantitative estimate of drug-likeness (QED) is 0.589. The lowest BCUT2D eigenvalue weighted by Crippen LogP contribution is -2.17. The molecule has 10 heteroatoms. The van der Waals surface area contributed by atoms with Crippen LogP contribution in [0.2, 0.25) is 0 Å². The third kappa shape index (κ3) is 6.58. The van der Waals surface area contributed by atoms with Crippen LogP contribution in [0.5, 0.6) is 0 Å². The maximum Gasteiger partial charge on any atom is 0.259 e. The Bertz CT molecular complexity index is 1050. The summed E-state index contributed by atoms with van der Waals surface area (Å²) in [4.78, 5) is 12.9. The van der Waals surface area contributed by atoms with Crippen LogP contribution in [-0.4, -0.2) is 15.2 Å². The molecule has 3 N–H and O–H groups in total. The number of halogens is 2. The van der Waals surface area contributed by atoms with Crippen molar-refractivity contribution < 1.29 is 22.9 Å². The number of nitrogens with zero attached hydrogens (tertiary/aromatic N) is 1. The van der Waals surface area contributed by atoms with E-state index in [0.29, 0.717) is 16.7 Å². The largest absolute Gasteiger partial charge is 0.385 e. The van der Waals surface area contributed by atoms with Gasteiger partial charge in [-0.3, -0.25) is 4.79 Å². The van der Waals surface area contributed by atoms with Crippen LogP contribution in [0.1, 0.15) is 74.9 Å². The molecule has 0 aliphatic rings. The molecule has 0 fully saturated rings. The van der Waals surface area contributed by atoms with E-state index in [1.165, 1.54) is 26.0 Å². The molecule has 0 saturated carbocycles. The minimum Gasteiger partial charge on any atom is -0.385 e. The number of carbonyl (C=O) groups is 1. The summed E-state index contributed by atoms with van der Waals surface area (Å²) in [5.74, 6) is -2.15. The predicted molar refractivity (Wildman–Crippen MR) is 126 cm³/mol. The van der Waals surface area contributed by atoms with E-state index < -0.39 is 33.1 Å². The van der Waals surface area contributed by atoms with Gasteiger partial charge in [-0.25, -0.2) is 18.1 Å². The van der Waals surface area contributed by atoms with E-state index >= 15 is 0 Å². The standard InChI is InChI=1S/C21H28F2N2O3S2.H2S/c1-11(2)14-7-13(22)8-15(12(3)4)16(14)9-19(26)25-30(24,28)20-17(23)10-18(29-20)21(5,6)27;/h7-8,10-12,27H,9H2,1-6H3,(H2,24,25,26,28);1H2. The molecule has 0 bridgehead atoms. The molecule has 0 aliphatic carbocycles. The molecule has 2 aromatic rings. The van der Waals surface area contributed by atoms with Gasteiger partial charge in [0.2, 0.25) is 0 Å². The molecule has 1 unspecified atom stereocenters. The molecule has 5 nitrogen and oxygen atoms in total. The van der Waals surface area contributed by atoms with Crippen molar-refractivity contribution in [1.82, 2.24) is 0 Å². The number of hydrogen-bond donors (Lipinski definition) is 2. The molecule has 0 aliphatic heterocycles. The first-order chi connectivity index (χ1) is 13.6. The molecule has 0 spiro atoms. The van der Waals surface area contributed by atoms with Crippen molar-refractivity contribution in [3.8, 4) is 0 Å². The lowest BCUT2D eigenvalue weighted by Gasteiger charge is -2.19. The van der Waals surface area contributed by atoms with E-state index in [9.17, 15) is 22.9 Å². The van der Waals surface area contributed by atoms with E-state index in [2.05, 4.69) is 4.36 Å². The van der Waals surface area contributed by atoms with Gasteiger partial charge in [0.05, 0.1) is 12.0 Å². The number of benzene rings is 1. The van der Waals surface area contributed by atoms with Crippen molar-refractivity contribution in [2.75, 3.05) is 0 Å². The maximum atomic E-state index is 14.3. The van der Waals surface area contributed by atoms with E-state index in [4.69, 9.17) is 5.14 Å². The fourth-order valence-electron chi connectivity index (χ4n) is 3.14. The van der Waals surface area contributed by atoms with Gasteiger partial charge >= 0.3 is 0 Å². The van der Waals surface area contributed by atoms with Gasteiger partial charge in [0.25, 0.3) is 5.91 Å². The summed E-state index contributed by atoms with van der Waals surface area (Å²) in [5, 5.41) is 15.8. The maximum absolute atomic E-state index is 14.3. The number of carbonyl (C=O) groups excluding carboxylic acids is 1. The second kappa shape index (κ2) is 10.1. The van der Waals surface area contributed by atoms with Crippen molar-refractivity contribution >= 4 is 40.7 Å². The summed E-state index contributed by atoms with van der Waals surface area (Å²) in [6, 6.07) is 3.81. The van der Waals surface area contributed by atoms with Crippen molar-refractivity contribution in [3.05, 3.63) is 51.4 Å². The third-order valence-electron chi connectivity index (χ3n) is 4.62. The van der Waals surface area contributed by atoms with E-state index in [-0.39, 0.29) is 40.8 Å². The molecule has 1 aromatic carbocycles. The molecule has 1 heterocycles. The fourth-order valence-corrected chi connectivity index (χ4v) is 5.56. The second-order valence-electron chi connectivity index (χ2n) is 8.41. The van der Waals surface area contributed by atoms with Crippen LogP contribution in [0.4, 0.5) is 8.78 Å². The Kier molecular flexibility index (Phi) is 9.01. The van der Waals surface area contributed by atoms with Crippen LogP contribution in [-0.2, 0) is 26.7 Å². The molecular weight excluding hydrogens is 462 g/mol. The van der Waals surface area contributed by atoms with Crippen molar-refractivity contribution in [3.63, 3.8) is 0 Å². The van der Waals surface area contributed by atoms with Gasteiger partial charge in [0.15, 0.2) is 19.9 Å². The van der Waals surface area contributed by atoms with Crippen molar-refractivity contribution in [1.29, 1.82) is 0 Å². The lowest BCUT2D eigenvalue weighted by atomic mass is 9.87. The van der Waals surface area contributed by atoms with Gasteiger partial charge in [0, 0.05) is 4.88 Å². The number of amides is 1. The highest BCUT2D eigenvalue weighted by Crippen LogP contribution is 2.34. The zero-order chi connectivity index (χ0) is 23.0. The summed E-state index contributed by atoms with van der Waals surface area (Å²) in [7, 11) is -3.84. The first-order valence-electron chi connectivity index (χ1n) is 9.55. The molecule has 0 radical (unpaired) electrons. The van der Waals surface area contributed by atoms with Gasteiger partial charge in [-0.15, -0.1) is 15.7 Å². The Balaban J connectivity index is 0.00000480. The third-order valence-corrected chi connectivity index (χ3v) is 8.00. The molecule has 1 aromatic heterocycles. The molecule has 0 saturated heterocycles. The Hall–Kier alpha value is -1.33. The average Bonchev–Trinajstić information content (AvgIpc) is 2.98. The molecule has 174 valence electrons. The van der Waals surface area contributed by atoms with Crippen LogP contribution in [0.25, 0.3) is 0 Å². The topological polar surface area (TPSA) is 92.8 Å². The molecular formula is C21H30F2N2O3S3. The monoisotopic (exact) mass is 492 g/mol. The van der Waals surface area contributed by atoms with Gasteiger partial charge in [0.1, 0.15) is 5.82 Å². The van der Waals surface area contributed by atoms with E-state index in [1.54, 1.807) is 0 Å². The average molecular weight is 493 g/mol. The SMILES string of the molecule is CC(C)c1cc(F)cc(C(C)C)c1CC(=O)N=S(N)(=O)c1sc(C(C)(C)O)cc1F.S. The minimum atomic E-state index is -3.84. The highest BCUT2D eigenvalue weighted by Gasteiger charge is 2.26. The Morgan fingerprint density at radius 2 is 1.65 bits per heavy atom. The number of aliphatic hydroxyl groups is 1. The number of rotatable bonds is 6.